The van der Waals surface area contributed by atoms with Crippen LogP contribution in [0.25, 0.3) is 0 Å². The van der Waals surface area contributed by atoms with E-state index in [4.69, 9.17) is 4.74 Å². The molecule has 1 saturated carbocycles. The fourth-order valence-electron chi connectivity index (χ4n) is 1.82. The molecule has 1 atom stereocenters. The maximum atomic E-state index is 13.2. The Labute approximate surface area is 95.0 Å². The molecule has 82 valence electrons. The summed E-state index contributed by atoms with van der Waals surface area (Å²) in [6, 6.07) is 6.55. The first kappa shape index (κ1) is 10.8. The molecule has 0 spiro atoms. The lowest BCUT2D eigenvalue weighted by atomic mass is 9.80. The van der Waals surface area contributed by atoms with Gasteiger partial charge in [-0.3, -0.25) is 0 Å². The van der Waals surface area contributed by atoms with Crippen LogP contribution in [0.3, 0.4) is 0 Å². The van der Waals surface area contributed by atoms with Crippen LogP contribution in [0.5, 0.6) is 5.75 Å². The summed E-state index contributed by atoms with van der Waals surface area (Å²) in [6.45, 7) is 2.09. The molecule has 15 heavy (non-hydrogen) atoms. The molecule has 3 heteroatoms. The number of benzene rings is 1. The predicted octanol–water partition coefficient (Wildman–Crippen LogP) is 3.30. The summed E-state index contributed by atoms with van der Waals surface area (Å²) in [7, 11) is 0. The van der Waals surface area contributed by atoms with Crippen molar-refractivity contribution in [2.45, 2.75) is 31.1 Å². The Morgan fingerprint density at radius 2 is 2.07 bits per heavy atom. The molecule has 0 N–H and O–H groups in total. The second kappa shape index (κ2) is 4.44. The van der Waals surface area contributed by atoms with Crippen molar-refractivity contribution in [1.29, 1.82) is 0 Å². The number of thiol groups is 1. The molecule has 1 fully saturated rings. The lowest BCUT2D eigenvalue weighted by Gasteiger charge is -2.37. The van der Waals surface area contributed by atoms with Crippen molar-refractivity contribution in [1.82, 2.24) is 0 Å². The van der Waals surface area contributed by atoms with E-state index in [2.05, 4.69) is 19.6 Å². The van der Waals surface area contributed by atoms with Crippen molar-refractivity contribution < 1.29 is 9.13 Å². The highest BCUT2D eigenvalue weighted by Gasteiger charge is 2.33. The lowest BCUT2D eigenvalue weighted by molar-refractivity contribution is 0.0625. The van der Waals surface area contributed by atoms with Crippen molar-refractivity contribution in [2.75, 3.05) is 0 Å². The predicted molar refractivity (Wildman–Crippen MR) is 62.0 cm³/mol. The van der Waals surface area contributed by atoms with E-state index in [0.29, 0.717) is 16.9 Å². The summed E-state index contributed by atoms with van der Waals surface area (Å²) < 4.78 is 18.8. The summed E-state index contributed by atoms with van der Waals surface area (Å²) in [5.74, 6) is 0.706. The summed E-state index contributed by atoms with van der Waals surface area (Å²) in [4.78, 5) is 0. The van der Waals surface area contributed by atoms with Gasteiger partial charge in [0.2, 0.25) is 0 Å². The first-order valence-electron chi connectivity index (χ1n) is 5.26. The van der Waals surface area contributed by atoms with Gasteiger partial charge < -0.3 is 4.74 Å². The van der Waals surface area contributed by atoms with Crippen LogP contribution in [0.4, 0.5) is 4.39 Å². The van der Waals surface area contributed by atoms with Gasteiger partial charge in [0.1, 0.15) is 0 Å². The number of ether oxygens (including phenoxy) is 1. The lowest BCUT2D eigenvalue weighted by Crippen LogP contribution is -2.37. The fraction of sp³-hybridized carbons (Fsp3) is 0.500. The molecule has 1 aliphatic carbocycles. The molecule has 1 aromatic rings. The maximum absolute atomic E-state index is 13.2. The topological polar surface area (TPSA) is 9.23 Å². The number of hydrogen-bond donors (Lipinski definition) is 1. The Morgan fingerprint density at radius 3 is 2.67 bits per heavy atom. The summed E-state index contributed by atoms with van der Waals surface area (Å²) in [5, 5.41) is 0.408. The molecule has 0 radical (unpaired) electrons. The van der Waals surface area contributed by atoms with Crippen LogP contribution in [-0.4, -0.2) is 11.4 Å². The third kappa shape index (κ3) is 2.46. The molecule has 2 rings (SSSR count). The smallest absolute Gasteiger partial charge is 0.165 e. The van der Waals surface area contributed by atoms with Crippen LogP contribution in [0.2, 0.25) is 0 Å². The summed E-state index contributed by atoms with van der Waals surface area (Å²) in [5.41, 5.74) is 0. The van der Waals surface area contributed by atoms with Gasteiger partial charge in [-0.2, -0.15) is 12.6 Å². The molecule has 1 nitrogen and oxygen atoms in total. The van der Waals surface area contributed by atoms with Crippen LogP contribution in [-0.2, 0) is 0 Å². The zero-order valence-corrected chi connectivity index (χ0v) is 9.58. The Kier molecular flexibility index (Phi) is 3.19. The minimum atomic E-state index is -0.278. The van der Waals surface area contributed by atoms with Crippen LogP contribution < -0.4 is 4.74 Å². The van der Waals surface area contributed by atoms with Crippen molar-refractivity contribution in [2.24, 2.45) is 5.92 Å². The first-order chi connectivity index (χ1) is 7.16. The zero-order valence-electron chi connectivity index (χ0n) is 8.69. The van der Waals surface area contributed by atoms with Gasteiger partial charge in [-0.15, -0.1) is 0 Å². The Hall–Kier alpha value is -0.700. The SMILES string of the molecule is CC(S)[C@H]1C[C@H](Oc2ccccc2F)C1. The molecule has 1 unspecified atom stereocenters. The van der Waals surface area contributed by atoms with Gasteiger partial charge in [0.25, 0.3) is 0 Å². The highest BCUT2D eigenvalue weighted by Crippen LogP contribution is 2.35. The Balaban J connectivity index is 1.88. The van der Waals surface area contributed by atoms with E-state index in [0.717, 1.165) is 12.8 Å². The fourth-order valence-corrected chi connectivity index (χ4v) is 2.06. The standard InChI is InChI=1S/C12H15FOS/c1-8(15)9-6-10(7-9)14-12-5-3-2-4-11(12)13/h2-5,8-10,15H,6-7H2,1H3/t8?,9-,10-. The van der Waals surface area contributed by atoms with Crippen LogP contribution in [0.1, 0.15) is 19.8 Å². The molecule has 0 heterocycles. The summed E-state index contributed by atoms with van der Waals surface area (Å²) >= 11 is 4.38. The van der Waals surface area contributed by atoms with E-state index in [-0.39, 0.29) is 11.9 Å². The third-order valence-corrected chi connectivity index (χ3v) is 3.37. The minimum absolute atomic E-state index is 0.168. The van der Waals surface area contributed by atoms with Crippen molar-refractivity contribution in [3.05, 3.63) is 30.1 Å². The Morgan fingerprint density at radius 1 is 1.40 bits per heavy atom. The van der Waals surface area contributed by atoms with Gasteiger partial charge in [0.05, 0.1) is 6.10 Å². The normalized spacial score (nSPS) is 26.9. The van der Waals surface area contributed by atoms with Crippen LogP contribution >= 0.6 is 12.6 Å². The van der Waals surface area contributed by atoms with Crippen molar-refractivity contribution in [3.63, 3.8) is 0 Å². The van der Waals surface area contributed by atoms with E-state index in [1.807, 2.05) is 0 Å². The number of para-hydroxylation sites is 1. The van der Waals surface area contributed by atoms with Gasteiger partial charge in [-0.1, -0.05) is 19.1 Å². The van der Waals surface area contributed by atoms with Crippen molar-refractivity contribution >= 4 is 12.6 Å². The average molecular weight is 226 g/mol. The number of halogens is 1. The van der Waals surface area contributed by atoms with Crippen LogP contribution in [0, 0.1) is 11.7 Å². The molecular weight excluding hydrogens is 211 g/mol. The number of hydrogen-bond acceptors (Lipinski definition) is 2. The highest BCUT2D eigenvalue weighted by atomic mass is 32.1. The first-order valence-corrected chi connectivity index (χ1v) is 5.77. The molecule has 0 bridgehead atoms. The monoisotopic (exact) mass is 226 g/mol. The van der Waals surface area contributed by atoms with Gasteiger partial charge in [0.15, 0.2) is 11.6 Å². The largest absolute Gasteiger partial charge is 0.487 e. The average Bonchev–Trinajstić information content (AvgIpc) is 2.12. The van der Waals surface area contributed by atoms with Crippen LogP contribution in [0.15, 0.2) is 24.3 Å². The van der Waals surface area contributed by atoms with Gasteiger partial charge in [0, 0.05) is 5.25 Å². The molecule has 1 aliphatic rings. The van der Waals surface area contributed by atoms with E-state index in [9.17, 15) is 4.39 Å². The van der Waals surface area contributed by atoms with E-state index >= 15 is 0 Å². The van der Waals surface area contributed by atoms with E-state index < -0.39 is 0 Å². The third-order valence-electron chi connectivity index (χ3n) is 2.94. The molecule has 0 amide bonds. The van der Waals surface area contributed by atoms with Crippen molar-refractivity contribution in [3.8, 4) is 5.75 Å². The molecule has 1 aromatic carbocycles. The van der Waals surface area contributed by atoms with E-state index in [1.54, 1.807) is 18.2 Å². The molecule has 0 saturated heterocycles. The molecule has 0 aromatic heterocycles. The second-order valence-electron chi connectivity index (χ2n) is 4.14. The molecule has 0 aliphatic heterocycles. The van der Waals surface area contributed by atoms with E-state index in [1.165, 1.54) is 6.07 Å². The minimum Gasteiger partial charge on any atom is -0.487 e. The highest BCUT2D eigenvalue weighted by molar-refractivity contribution is 7.80. The molecular formula is C12H15FOS. The van der Waals surface area contributed by atoms with Gasteiger partial charge in [-0.05, 0) is 30.9 Å². The van der Waals surface area contributed by atoms with Gasteiger partial charge in [-0.25, -0.2) is 4.39 Å². The number of rotatable bonds is 3. The zero-order chi connectivity index (χ0) is 10.8. The second-order valence-corrected chi connectivity index (χ2v) is 4.96. The maximum Gasteiger partial charge on any atom is 0.165 e. The quantitative estimate of drug-likeness (QED) is 0.778. The Bertz CT molecular complexity index is 334. The van der Waals surface area contributed by atoms with Gasteiger partial charge >= 0.3 is 0 Å². The summed E-state index contributed by atoms with van der Waals surface area (Å²) in [6.07, 6.45) is 2.14.